The molecule has 1 saturated heterocycles. The highest BCUT2D eigenvalue weighted by molar-refractivity contribution is 5.99. The van der Waals surface area contributed by atoms with Crippen molar-refractivity contribution in [2.75, 3.05) is 18.5 Å². The number of hydrogen-bond donors (Lipinski definition) is 2. The zero-order valence-corrected chi connectivity index (χ0v) is 13.5. The van der Waals surface area contributed by atoms with Crippen molar-refractivity contribution in [1.82, 2.24) is 5.32 Å². The molecule has 0 spiro atoms. The molecular formula is C17H26N2O2. The molecule has 1 aromatic carbocycles. The molecule has 0 bridgehead atoms. The maximum Gasteiger partial charge on any atom is 0.253 e. The summed E-state index contributed by atoms with van der Waals surface area (Å²) < 4.78 is 5.70. The maximum atomic E-state index is 12.5. The summed E-state index contributed by atoms with van der Waals surface area (Å²) in [5.74, 6) is -0.00588. The van der Waals surface area contributed by atoms with Crippen LogP contribution in [-0.2, 0) is 4.74 Å². The van der Waals surface area contributed by atoms with Crippen LogP contribution in [0, 0.1) is 6.92 Å². The molecule has 1 aliphatic rings. The third-order valence-electron chi connectivity index (χ3n) is 3.82. The number of benzene rings is 1. The van der Waals surface area contributed by atoms with Gasteiger partial charge in [-0.05, 0) is 58.2 Å². The van der Waals surface area contributed by atoms with Crippen molar-refractivity contribution >= 4 is 11.6 Å². The summed E-state index contributed by atoms with van der Waals surface area (Å²) >= 11 is 0. The average Bonchev–Trinajstić information content (AvgIpc) is 2.37. The molecule has 2 N–H and O–H groups in total. The average molecular weight is 290 g/mol. The smallest absolute Gasteiger partial charge is 0.253 e. The molecule has 116 valence electrons. The first-order valence-corrected chi connectivity index (χ1v) is 7.70. The first-order chi connectivity index (χ1) is 9.91. The Hall–Kier alpha value is -1.55. The highest BCUT2D eigenvalue weighted by Gasteiger charge is 2.30. The predicted octanol–water partition coefficient (Wildman–Crippen LogP) is 3.11. The number of nitrogens with one attached hydrogen (secondary N) is 2. The molecule has 1 atom stereocenters. The molecule has 2 rings (SSSR count). The van der Waals surface area contributed by atoms with Gasteiger partial charge in [0.25, 0.3) is 5.91 Å². The monoisotopic (exact) mass is 290 g/mol. The van der Waals surface area contributed by atoms with Crippen LogP contribution in [0.4, 0.5) is 5.69 Å². The minimum absolute atomic E-state index is 0.00588. The third-order valence-corrected chi connectivity index (χ3v) is 3.82. The van der Waals surface area contributed by atoms with Crippen LogP contribution in [-0.4, -0.2) is 30.7 Å². The van der Waals surface area contributed by atoms with Gasteiger partial charge in [-0.25, -0.2) is 0 Å². The fourth-order valence-corrected chi connectivity index (χ4v) is 2.81. The molecule has 1 aliphatic heterocycles. The Kier molecular flexibility index (Phi) is 4.88. The van der Waals surface area contributed by atoms with Gasteiger partial charge in [0.1, 0.15) is 0 Å². The van der Waals surface area contributed by atoms with Gasteiger partial charge in [-0.15, -0.1) is 0 Å². The van der Waals surface area contributed by atoms with E-state index in [0.29, 0.717) is 12.2 Å². The third kappa shape index (κ3) is 4.21. The number of aryl methyl sites for hydroxylation is 1. The lowest BCUT2D eigenvalue weighted by molar-refractivity contribution is -0.0615. The second kappa shape index (κ2) is 6.48. The molecule has 0 aliphatic carbocycles. The zero-order chi connectivity index (χ0) is 15.5. The summed E-state index contributed by atoms with van der Waals surface area (Å²) in [6, 6.07) is 6.07. The summed E-state index contributed by atoms with van der Waals surface area (Å²) in [5.41, 5.74) is 2.61. The second-order valence-corrected chi connectivity index (χ2v) is 6.35. The molecule has 1 aromatic rings. The molecular weight excluding hydrogens is 264 g/mol. The minimum Gasteiger partial charge on any atom is -0.385 e. The minimum atomic E-state index is -0.159. The topological polar surface area (TPSA) is 50.4 Å². The van der Waals surface area contributed by atoms with E-state index in [9.17, 15) is 4.79 Å². The molecule has 1 unspecified atom stereocenters. The van der Waals surface area contributed by atoms with Crippen LogP contribution >= 0.6 is 0 Å². The van der Waals surface area contributed by atoms with Crippen molar-refractivity contribution in [3.63, 3.8) is 0 Å². The van der Waals surface area contributed by atoms with E-state index in [1.54, 1.807) is 0 Å². The number of amides is 1. The molecule has 1 fully saturated rings. The molecule has 4 nitrogen and oxygen atoms in total. The molecule has 4 heteroatoms. The molecule has 0 aromatic heterocycles. The van der Waals surface area contributed by atoms with Crippen molar-refractivity contribution < 1.29 is 9.53 Å². The summed E-state index contributed by atoms with van der Waals surface area (Å²) in [6.45, 7) is 9.71. The molecule has 1 amide bonds. The Bertz CT molecular complexity index is 512. The van der Waals surface area contributed by atoms with Crippen molar-refractivity contribution in [3.05, 3.63) is 29.3 Å². The number of ether oxygens (including phenoxy) is 1. The van der Waals surface area contributed by atoms with Gasteiger partial charge < -0.3 is 15.4 Å². The fraction of sp³-hybridized carbons (Fsp3) is 0.588. The van der Waals surface area contributed by atoms with E-state index < -0.39 is 0 Å². The Balaban J connectivity index is 2.09. The fourth-order valence-electron chi connectivity index (χ4n) is 2.81. The Morgan fingerprint density at radius 1 is 1.43 bits per heavy atom. The number of rotatable bonds is 4. The van der Waals surface area contributed by atoms with Crippen molar-refractivity contribution in [2.45, 2.75) is 52.2 Å². The normalized spacial score (nSPS) is 20.9. The number of anilines is 1. The van der Waals surface area contributed by atoms with E-state index in [4.69, 9.17) is 4.74 Å². The lowest BCUT2D eigenvalue weighted by Gasteiger charge is -2.35. The van der Waals surface area contributed by atoms with Crippen molar-refractivity contribution in [3.8, 4) is 0 Å². The van der Waals surface area contributed by atoms with Crippen molar-refractivity contribution in [1.29, 1.82) is 0 Å². The van der Waals surface area contributed by atoms with E-state index in [-0.39, 0.29) is 17.6 Å². The number of hydrogen-bond acceptors (Lipinski definition) is 3. The SMILES string of the molecule is CCNc1cc(C)ccc1C(=O)NC1CCOC(C)(C)C1. The van der Waals surface area contributed by atoms with E-state index in [1.807, 2.05) is 32.0 Å². The van der Waals surface area contributed by atoms with Crippen LogP contribution in [0.3, 0.4) is 0 Å². The van der Waals surface area contributed by atoms with E-state index in [2.05, 4.69) is 24.5 Å². The van der Waals surface area contributed by atoms with Gasteiger partial charge in [-0.1, -0.05) is 6.07 Å². The number of carbonyl (C=O) groups excluding carboxylic acids is 1. The van der Waals surface area contributed by atoms with Crippen LogP contribution in [0.25, 0.3) is 0 Å². The van der Waals surface area contributed by atoms with Gasteiger partial charge in [0.2, 0.25) is 0 Å². The Morgan fingerprint density at radius 2 is 2.19 bits per heavy atom. The zero-order valence-electron chi connectivity index (χ0n) is 13.5. The molecule has 21 heavy (non-hydrogen) atoms. The van der Waals surface area contributed by atoms with Gasteiger partial charge in [0, 0.05) is 24.9 Å². The van der Waals surface area contributed by atoms with E-state index in [1.165, 1.54) is 0 Å². The van der Waals surface area contributed by atoms with Gasteiger partial charge in [-0.2, -0.15) is 0 Å². The van der Waals surface area contributed by atoms with Gasteiger partial charge >= 0.3 is 0 Å². The lowest BCUT2D eigenvalue weighted by Crippen LogP contribution is -2.45. The predicted molar refractivity (Wildman–Crippen MR) is 85.9 cm³/mol. The van der Waals surface area contributed by atoms with Crippen LogP contribution in [0.1, 0.15) is 49.5 Å². The highest BCUT2D eigenvalue weighted by Crippen LogP contribution is 2.25. The molecule has 0 radical (unpaired) electrons. The van der Waals surface area contributed by atoms with Crippen LogP contribution < -0.4 is 10.6 Å². The molecule has 0 saturated carbocycles. The lowest BCUT2D eigenvalue weighted by atomic mass is 9.93. The van der Waals surface area contributed by atoms with Gasteiger partial charge in [-0.3, -0.25) is 4.79 Å². The van der Waals surface area contributed by atoms with Crippen molar-refractivity contribution in [2.24, 2.45) is 0 Å². The first kappa shape index (κ1) is 15.8. The molecule has 1 heterocycles. The largest absolute Gasteiger partial charge is 0.385 e. The summed E-state index contributed by atoms with van der Waals surface area (Å²) in [7, 11) is 0. The van der Waals surface area contributed by atoms with Gasteiger partial charge in [0.15, 0.2) is 0 Å². The van der Waals surface area contributed by atoms with Crippen LogP contribution in [0.15, 0.2) is 18.2 Å². The summed E-state index contributed by atoms with van der Waals surface area (Å²) in [6.07, 6.45) is 1.72. The first-order valence-electron chi connectivity index (χ1n) is 7.70. The standard InChI is InChI=1S/C17H26N2O2/c1-5-18-15-10-12(2)6-7-14(15)16(20)19-13-8-9-21-17(3,4)11-13/h6-7,10,13,18H,5,8-9,11H2,1-4H3,(H,19,20). The maximum absolute atomic E-state index is 12.5. The van der Waals surface area contributed by atoms with Crippen LogP contribution in [0.2, 0.25) is 0 Å². The Morgan fingerprint density at radius 3 is 2.86 bits per heavy atom. The van der Waals surface area contributed by atoms with E-state index in [0.717, 1.165) is 30.6 Å². The highest BCUT2D eigenvalue weighted by atomic mass is 16.5. The van der Waals surface area contributed by atoms with Crippen LogP contribution in [0.5, 0.6) is 0 Å². The summed E-state index contributed by atoms with van der Waals surface area (Å²) in [5, 5.41) is 6.42. The summed E-state index contributed by atoms with van der Waals surface area (Å²) in [4.78, 5) is 12.5. The van der Waals surface area contributed by atoms with Gasteiger partial charge in [0.05, 0.1) is 11.2 Å². The Labute approximate surface area is 127 Å². The number of carbonyl (C=O) groups is 1. The quantitative estimate of drug-likeness (QED) is 0.896. The second-order valence-electron chi connectivity index (χ2n) is 6.35. The van der Waals surface area contributed by atoms with E-state index >= 15 is 0 Å².